The summed E-state index contributed by atoms with van der Waals surface area (Å²) in [7, 11) is 0. The molecule has 0 saturated carbocycles. The Morgan fingerprint density at radius 3 is 2.77 bits per heavy atom. The van der Waals surface area contributed by atoms with Crippen molar-refractivity contribution in [3.05, 3.63) is 53.6 Å². The van der Waals surface area contributed by atoms with Gasteiger partial charge in [0.05, 0.1) is 12.3 Å². The molecule has 4 heteroatoms. The van der Waals surface area contributed by atoms with Crippen molar-refractivity contribution in [1.29, 1.82) is 0 Å². The maximum atomic E-state index is 6.20. The molecular weight excluding hydrogens is 374 g/mol. The van der Waals surface area contributed by atoms with Crippen molar-refractivity contribution in [2.24, 2.45) is 11.1 Å². The molecule has 1 saturated heterocycles. The Hall–Kier alpha value is -2.33. The van der Waals surface area contributed by atoms with Gasteiger partial charge in [-0.3, -0.25) is 0 Å². The van der Waals surface area contributed by atoms with Crippen LogP contribution in [-0.4, -0.2) is 30.6 Å². The molecule has 0 bridgehead atoms. The van der Waals surface area contributed by atoms with Gasteiger partial charge in [-0.15, -0.1) is 0 Å². The third-order valence-electron chi connectivity index (χ3n) is 6.49. The van der Waals surface area contributed by atoms with Gasteiger partial charge >= 0.3 is 0 Å². The van der Waals surface area contributed by atoms with Gasteiger partial charge in [0.1, 0.15) is 24.1 Å². The molecule has 2 aliphatic rings. The Bertz CT molecular complexity index is 960. The summed E-state index contributed by atoms with van der Waals surface area (Å²) in [5, 5.41) is 7.02. The van der Waals surface area contributed by atoms with Gasteiger partial charge in [0.2, 0.25) is 0 Å². The maximum absolute atomic E-state index is 6.20. The minimum Gasteiger partial charge on any atom is -0.490 e. The zero-order valence-electron chi connectivity index (χ0n) is 18.6. The maximum Gasteiger partial charge on any atom is 0.143 e. The Balaban J connectivity index is 1.67. The molecule has 0 aliphatic carbocycles. The molecule has 2 aliphatic heterocycles. The highest BCUT2D eigenvalue weighted by atomic mass is 16.7. The summed E-state index contributed by atoms with van der Waals surface area (Å²) in [4.78, 5) is 6.15. The lowest BCUT2D eigenvalue weighted by atomic mass is 9.78. The van der Waals surface area contributed by atoms with Gasteiger partial charge in [0.15, 0.2) is 0 Å². The molecule has 0 N–H and O–H groups in total. The topological polar surface area (TPSA) is 43.4 Å². The summed E-state index contributed by atoms with van der Waals surface area (Å²) in [5.41, 5.74) is 3.21. The van der Waals surface area contributed by atoms with E-state index in [9.17, 15) is 0 Å². The molecule has 4 rings (SSSR count). The van der Waals surface area contributed by atoms with Crippen molar-refractivity contribution in [1.82, 2.24) is 0 Å². The van der Waals surface area contributed by atoms with Gasteiger partial charge in [-0.25, -0.2) is 0 Å². The van der Waals surface area contributed by atoms with Crippen LogP contribution in [0.4, 0.5) is 0 Å². The smallest absolute Gasteiger partial charge is 0.143 e. The van der Waals surface area contributed by atoms with Gasteiger partial charge in [-0.1, -0.05) is 61.0 Å². The Morgan fingerprint density at radius 2 is 2.03 bits per heavy atom. The first-order valence-electron chi connectivity index (χ1n) is 11.2. The fraction of sp³-hybridized carbons (Fsp3) is 0.500. The number of benzene rings is 2. The molecule has 2 aromatic rings. The Morgan fingerprint density at radius 1 is 1.23 bits per heavy atom. The zero-order valence-corrected chi connectivity index (χ0v) is 18.6. The van der Waals surface area contributed by atoms with Crippen molar-refractivity contribution < 1.29 is 14.3 Å². The molecule has 2 heterocycles. The quantitative estimate of drug-likeness (QED) is 0.363. The highest BCUT2D eigenvalue weighted by Gasteiger charge is 2.45. The summed E-state index contributed by atoms with van der Waals surface area (Å²) in [6.45, 7) is 10.2. The molecule has 2 aromatic carbocycles. The molecule has 3 atom stereocenters. The van der Waals surface area contributed by atoms with Crippen LogP contribution in [0.3, 0.4) is 0 Å². The monoisotopic (exact) mass is 407 g/mol. The van der Waals surface area contributed by atoms with E-state index in [0.29, 0.717) is 6.61 Å². The largest absolute Gasteiger partial charge is 0.490 e. The molecular formula is C26H33NO3. The van der Waals surface area contributed by atoms with Crippen LogP contribution in [0, 0.1) is 5.92 Å². The summed E-state index contributed by atoms with van der Waals surface area (Å²) in [5.74, 6) is 1.09. The minimum atomic E-state index is -0.303. The molecule has 0 aromatic heterocycles. The highest BCUT2D eigenvalue weighted by molar-refractivity contribution is 6.14. The van der Waals surface area contributed by atoms with E-state index >= 15 is 0 Å². The van der Waals surface area contributed by atoms with Gasteiger partial charge in [-0.2, -0.15) is 0 Å². The number of rotatable bonds is 9. The van der Waals surface area contributed by atoms with E-state index in [-0.39, 0.29) is 17.6 Å². The van der Waals surface area contributed by atoms with E-state index in [1.165, 1.54) is 16.3 Å². The normalized spacial score (nSPS) is 25.9. The van der Waals surface area contributed by atoms with E-state index in [2.05, 4.69) is 75.3 Å². The number of epoxide rings is 1. The van der Waals surface area contributed by atoms with Crippen molar-refractivity contribution in [2.75, 3.05) is 13.2 Å². The van der Waals surface area contributed by atoms with E-state index in [1.807, 2.05) is 0 Å². The van der Waals surface area contributed by atoms with Crippen LogP contribution < -0.4 is 4.74 Å². The number of hydrogen-bond acceptors (Lipinski definition) is 4. The predicted molar refractivity (Wildman–Crippen MR) is 122 cm³/mol. The van der Waals surface area contributed by atoms with Gasteiger partial charge in [0.25, 0.3) is 0 Å². The molecule has 0 radical (unpaired) electrons. The SMILES string of the molecule is CC/C(C)=C\CCC1(C)ON=C(c2c(OCC3CO3)ccc3ccccc23)C1CC. The first kappa shape index (κ1) is 20.9. The number of allylic oxidation sites excluding steroid dienone is 2. The summed E-state index contributed by atoms with van der Waals surface area (Å²) >= 11 is 0. The van der Waals surface area contributed by atoms with Crippen LogP contribution in [0.25, 0.3) is 10.8 Å². The zero-order chi connectivity index (χ0) is 21.1. The molecule has 4 nitrogen and oxygen atoms in total. The number of nitrogens with zero attached hydrogens (tertiary/aromatic N) is 1. The second kappa shape index (κ2) is 8.81. The number of fused-ring (bicyclic) bond motifs is 1. The van der Waals surface area contributed by atoms with Gasteiger partial charge < -0.3 is 14.3 Å². The fourth-order valence-electron chi connectivity index (χ4n) is 4.37. The lowest BCUT2D eigenvalue weighted by Crippen LogP contribution is -2.36. The van der Waals surface area contributed by atoms with Crippen LogP contribution in [0.15, 0.2) is 53.2 Å². The average molecular weight is 408 g/mol. The lowest BCUT2D eigenvalue weighted by molar-refractivity contribution is -0.0361. The van der Waals surface area contributed by atoms with Crippen molar-refractivity contribution >= 4 is 16.5 Å². The van der Waals surface area contributed by atoms with E-state index in [1.54, 1.807) is 0 Å². The average Bonchev–Trinajstić information content (AvgIpc) is 3.53. The van der Waals surface area contributed by atoms with Crippen LogP contribution in [0.5, 0.6) is 5.75 Å². The third-order valence-corrected chi connectivity index (χ3v) is 6.49. The molecule has 30 heavy (non-hydrogen) atoms. The molecule has 1 fully saturated rings. The summed E-state index contributed by atoms with van der Waals surface area (Å²) < 4.78 is 11.5. The van der Waals surface area contributed by atoms with Gasteiger partial charge in [0, 0.05) is 11.5 Å². The number of ether oxygens (including phenoxy) is 2. The lowest BCUT2D eigenvalue weighted by Gasteiger charge is -2.29. The highest BCUT2D eigenvalue weighted by Crippen LogP contribution is 2.42. The van der Waals surface area contributed by atoms with Crippen LogP contribution in [-0.2, 0) is 9.57 Å². The summed E-state index contributed by atoms with van der Waals surface area (Å²) in [6.07, 6.45) is 6.58. The number of oxime groups is 1. The van der Waals surface area contributed by atoms with E-state index in [4.69, 9.17) is 14.3 Å². The van der Waals surface area contributed by atoms with E-state index in [0.717, 1.165) is 49.3 Å². The van der Waals surface area contributed by atoms with Crippen molar-refractivity contribution in [2.45, 2.75) is 65.1 Å². The van der Waals surface area contributed by atoms with E-state index < -0.39 is 0 Å². The second-order valence-electron chi connectivity index (χ2n) is 8.71. The van der Waals surface area contributed by atoms with Crippen LogP contribution in [0.1, 0.15) is 58.9 Å². The molecule has 160 valence electrons. The first-order valence-corrected chi connectivity index (χ1v) is 11.2. The molecule has 3 unspecified atom stereocenters. The Kier molecular flexibility index (Phi) is 6.14. The fourth-order valence-corrected chi connectivity index (χ4v) is 4.37. The molecule has 0 amide bonds. The molecule has 0 spiro atoms. The minimum absolute atomic E-state index is 0.215. The van der Waals surface area contributed by atoms with Gasteiger partial charge in [-0.05, 0) is 56.4 Å². The predicted octanol–water partition coefficient (Wildman–Crippen LogP) is 6.27. The van der Waals surface area contributed by atoms with Crippen LogP contribution in [0.2, 0.25) is 0 Å². The third kappa shape index (κ3) is 4.24. The van der Waals surface area contributed by atoms with Crippen molar-refractivity contribution in [3.63, 3.8) is 0 Å². The van der Waals surface area contributed by atoms with Crippen LogP contribution >= 0.6 is 0 Å². The standard InChI is InChI=1S/C26H33NO3/c1-5-18(3)10-9-15-26(4)22(6-2)25(27-30-26)24-21-12-8-7-11-19(21)13-14-23(24)29-17-20-16-28-20/h7-8,10-14,20,22H,5-6,9,15-17H2,1-4H3/b18-10-. The first-order chi connectivity index (χ1) is 14.6. The number of hydrogen-bond donors (Lipinski definition) is 0. The summed E-state index contributed by atoms with van der Waals surface area (Å²) in [6, 6.07) is 12.6. The second-order valence-corrected chi connectivity index (χ2v) is 8.71. The van der Waals surface area contributed by atoms with Crippen molar-refractivity contribution in [3.8, 4) is 5.75 Å². The Labute approximate surface area is 179 Å².